The fraction of sp³-hybridized carbons (Fsp3) is 0.423. The van der Waals surface area contributed by atoms with Gasteiger partial charge < -0.3 is 19.1 Å². The lowest BCUT2D eigenvalue weighted by Crippen LogP contribution is -2.36. The van der Waals surface area contributed by atoms with Gasteiger partial charge in [0, 0.05) is 30.6 Å². The lowest BCUT2D eigenvalue weighted by atomic mass is 9.94. The Hall–Kier alpha value is -3.14. The van der Waals surface area contributed by atoms with Gasteiger partial charge in [0.25, 0.3) is 5.56 Å². The first kappa shape index (κ1) is 22.3. The number of pyridine rings is 2. The van der Waals surface area contributed by atoms with Gasteiger partial charge in [-0.3, -0.25) is 14.5 Å². The van der Waals surface area contributed by atoms with Crippen molar-refractivity contribution in [2.45, 2.75) is 45.6 Å². The number of aryl methyl sites for hydroxylation is 1. The molecule has 1 saturated heterocycles. The third-order valence-corrected chi connectivity index (χ3v) is 7.35. The number of benzene rings is 1. The van der Waals surface area contributed by atoms with E-state index in [2.05, 4.69) is 4.90 Å². The molecule has 0 spiro atoms. The normalized spacial score (nSPS) is 19.7. The number of halogens is 1. The van der Waals surface area contributed by atoms with Crippen LogP contribution in [0.25, 0.3) is 22.3 Å². The number of hydrogen-bond donors (Lipinski definition) is 1. The van der Waals surface area contributed by atoms with Crippen LogP contribution in [0.5, 0.6) is 0 Å². The van der Waals surface area contributed by atoms with Crippen LogP contribution in [0.3, 0.4) is 0 Å². The number of aliphatic hydroxyl groups excluding tert-OH is 1. The van der Waals surface area contributed by atoms with Crippen LogP contribution in [0.2, 0.25) is 0 Å². The molecule has 0 bridgehead atoms. The van der Waals surface area contributed by atoms with E-state index in [4.69, 9.17) is 14.5 Å². The Morgan fingerprint density at radius 1 is 1.17 bits per heavy atom. The zero-order chi connectivity index (χ0) is 24.3. The molecule has 1 unspecified atom stereocenters. The summed E-state index contributed by atoms with van der Waals surface area (Å²) in [5.41, 5.74) is 4.85. The summed E-state index contributed by atoms with van der Waals surface area (Å²) in [4.78, 5) is 32.5. The molecule has 182 valence electrons. The number of carbonyl (C=O) groups is 1. The molecule has 6 rings (SSSR count). The quantitative estimate of drug-likeness (QED) is 0.451. The molecule has 35 heavy (non-hydrogen) atoms. The van der Waals surface area contributed by atoms with E-state index in [0.717, 1.165) is 29.6 Å². The number of hydrogen-bond acceptors (Lipinski definition) is 7. The maximum atomic E-state index is 14.9. The Bertz CT molecular complexity index is 1430. The number of carbonyl (C=O) groups excluding carboxylic acids is 1. The van der Waals surface area contributed by atoms with Crippen molar-refractivity contribution in [2.24, 2.45) is 0 Å². The summed E-state index contributed by atoms with van der Waals surface area (Å²) >= 11 is 0. The summed E-state index contributed by atoms with van der Waals surface area (Å²) in [5.74, 6) is -0.793. The Morgan fingerprint density at radius 3 is 2.74 bits per heavy atom. The zero-order valence-electron chi connectivity index (χ0n) is 19.5. The molecule has 3 aliphatic heterocycles. The molecular weight excluding hydrogens is 453 g/mol. The van der Waals surface area contributed by atoms with Gasteiger partial charge >= 0.3 is 5.97 Å². The molecule has 3 aromatic rings. The highest BCUT2D eigenvalue weighted by Gasteiger charge is 2.33. The van der Waals surface area contributed by atoms with E-state index in [-0.39, 0.29) is 24.4 Å². The van der Waals surface area contributed by atoms with Crippen LogP contribution in [-0.2, 0) is 40.4 Å². The first-order valence-corrected chi connectivity index (χ1v) is 12.0. The van der Waals surface area contributed by atoms with E-state index < -0.39 is 12.1 Å². The fourth-order valence-corrected chi connectivity index (χ4v) is 5.55. The number of nitrogens with zero attached hydrogens (tertiary/aromatic N) is 3. The maximum Gasteiger partial charge on any atom is 0.309 e. The van der Waals surface area contributed by atoms with Crippen LogP contribution in [-0.4, -0.2) is 51.8 Å². The van der Waals surface area contributed by atoms with Crippen LogP contribution in [0.4, 0.5) is 4.39 Å². The van der Waals surface area contributed by atoms with Crippen molar-refractivity contribution >= 4 is 16.9 Å². The molecule has 1 N–H and O–H groups in total. The van der Waals surface area contributed by atoms with E-state index in [9.17, 15) is 19.1 Å². The minimum atomic E-state index is -1.11. The van der Waals surface area contributed by atoms with Gasteiger partial charge in [-0.25, -0.2) is 9.37 Å². The first-order valence-electron chi connectivity index (χ1n) is 12.0. The Kier molecular flexibility index (Phi) is 5.43. The number of morpholine rings is 1. The summed E-state index contributed by atoms with van der Waals surface area (Å²) in [6.45, 7) is 5.49. The van der Waals surface area contributed by atoms with Gasteiger partial charge in [0.15, 0.2) is 0 Å². The molecule has 1 fully saturated rings. The second kappa shape index (κ2) is 8.51. The smallest absolute Gasteiger partial charge is 0.309 e. The standard InChI is InChI=1S/C26H26FN3O5/c1-2-14-19(27)3-4-20-24(14)16(11-29-5-7-34-8-6-29)17-12-30-21(25(17)28-20)9-15-18(26(30)33)13-35-23(32)10-22(15)31/h3-4,9,22,31H,2,5-8,10-13H2,1H3. The number of esters is 1. The summed E-state index contributed by atoms with van der Waals surface area (Å²) in [6, 6.07) is 4.90. The van der Waals surface area contributed by atoms with E-state index in [1.54, 1.807) is 16.7 Å². The van der Waals surface area contributed by atoms with Crippen LogP contribution in [0, 0.1) is 5.82 Å². The monoisotopic (exact) mass is 479 g/mol. The zero-order valence-corrected chi connectivity index (χ0v) is 19.5. The molecule has 1 atom stereocenters. The van der Waals surface area contributed by atoms with Crippen molar-refractivity contribution < 1.29 is 23.8 Å². The van der Waals surface area contributed by atoms with Crippen LogP contribution in [0.1, 0.15) is 47.3 Å². The van der Waals surface area contributed by atoms with Gasteiger partial charge in [-0.15, -0.1) is 0 Å². The Labute approximate surface area is 200 Å². The lowest BCUT2D eigenvalue weighted by Gasteiger charge is -2.28. The predicted molar refractivity (Wildman–Crippen MR) is 125 cm³/mol. The van der Waals surface area contributed by atoms with Gasteiger partial charge in [-0.05, 0) is 41.3 Å². The number of rotatable bonds is 3. The first-order chi connectivity index (χ1) is 17.0. The average molecular weight is 480 g/mol. The van der Waals surface area contributed by atoms with Crippen molar-refractivity contribution in [3.05, 3.63) is 62.2 Å². The molecular formula is C26H26FN3O5. The highest BCUT2D eigenvalue weighted by atomic mass is 19.1. The number of fused-ring (bicyclic) bond motifs is 5. The molecule has 0 aliphatic carbocycles. The van der Waals surface area contributed by atoms with Crippen molar-refractivity contribution in [3.8, 4) is 11.4 Å². The molecule has 0 radical (unpaired) electrons. The van der Waals surface area contributed by atoms with Crippen LogP contribution < -0.4 is 5.56 Å². The van der Waals surface area contributed by atoms with Gasteiger partial charge in [0.2, 0.25) is 0 Å². The summed E-state index contributed by atoms with van der Waals surface area (Å²) in [6.07, 6.45) is -0.787. The number of aliphatic hydroxyl groups is 1. The highest BCUT2D eigenvalue weighted by molar-refractivity contribution is 5.91. The van der Waals surface area contributed by atoms with Gasteiger partial charge in [-0.1, -0.05) is 6.92 Å². The molecule has 5 heterocycles. The number of cyclic esters (lactones) is 1. The average Bonchev–Trinajstić information content (AvgIpc) is 3.15. The molecule has 3 aliphatic rings. The molecule has 8 nitrogen and oxygen atoms in total. The SMILES string of the molecule is CCc1c(F)ccc2nc3c(c(CN4CCOCC4)c12)Cn1c-3cc2c(c1=O)COC(=O)CC2O. The van der Waals surface area contributed by atoms with Crippen molar-refractivity contribution in [1.29, 1.82) is 0 Å². The summed E-state index contributed by atoms with van der Waals surface area (Å²) in [5, 5.41) is 11.4. The minimum absolute atomic E-state index is 0.165. The third kappa shape index (κ3) is 3.57. The van der Waals surface area contributed by atoms with Crippen LogP contribution in [0.15, 0.2) is 23.0 Å². The molecule has 1 aromatic carbocycles. The number of ether oxygens (including phenoxy) is 2. The predicted octanol–water partition coefficient (Wildman–Crippen LogP) is 2.44. The van der Waals surface area contributed by atoms with E-state index in [0.29, 0.717) is 66.3 Å². The molecule has 9 heteroatoms. The van der Waals surface area contributed by atoms with E-state index in [1.807, 2.05) is 6.92 Å². The second-order valence-corrected chi connectivity index (χ2v) is 9.32. The Morgan fingerprint density at radius 2 is 1.97 bits per heavy atom. The molecule has 2 aromatic heterocycles. The van der Waals surface area contributed by atoms with Crippen molar-refractivity contribution in [1.82, 2.24) is 14.5 Å². The van der Waals surface area contributed by atoms with Gasteiger partial charge in [0.05, 0.1) is 54.8 Å². The fourth-order valence-electron chi connectivity index (χ4n) is 5.55. The maximum absolute atomic E-state index is 14.9. The largest absolute Gasteiger partial charge is 0.460 e. The Balaban J connectivity index is 1.59. The summed E-state index contributed by atoms with van der Waals surface area (Å²) < 4.78 is 27.2. The van der Waals surface area contributed by atoms with Crippen molar-refractivity contribution in [2.75, 3.05) is 26.3 Å². The van der Waals surface area contributed by atoms with E-state index >= 15 is 0 Å². The lowest BCUT2D eigenvalue weighted by molar-refractivity contribution is -0.146. The second-order valence-electron chi connectivity index (χ2n) is 9.32. The third-order valence-electron chi connectivity index (χ3n) is 7.35. The topological polar surface area (TPSA) is 93.9 Å². The van der Waals surface area contributed by atoms with Crippen molar-refractivity contribution in [3.63, 3.8) is 0 Å². The minimum Gasteiger partial charge on any atom is -0.460 e. The van der Waals surface area contributed by atoms with E-state index in [1.165, 1.54) is 6.07 Å². The van der Waals surface area contributed by atoms with Crippen LogP contribution >= 0.6 is 0 Å². The summed E-state index contributed by atoms with van der Waals surface area (Å²) in [7, 11) is 0. The molecule has 0 saturated carbocycles. The molecule has 0 amide bonds. The van der Waals surface area contributed by atoms with Gasteiger partial charge in [-0.2, -0.15) is 0 Å². The highest BCUT2D eigenvalue weighted by Crippen LogP contribution is 2.39. The van der Waals surface area contributed by atoms with Gasteiger partial charge in [0.1, 0.15) is 12.4 Å². The number of aromatic nitrogens is 2.